The van der Waals surface area contributed by atoms with E-state index in [-0.39, 0.29) is 29.8 Å². The van der Waals surface area contributed by atoms with Gasteiger partial charge in [-0.25, -0.2) is 4.79 Å². The first-order valence-corrected chi connectivity index (χ1v) is 14.9. The Hall–Kier alpha value is -3.30. The van der Waals surface area contributed by atoms with Crippen molar-refractivity contribution in [2.24, 2.45) is 5.92 Å². The maximum Gasteiger partial charge on any atom is 0.498 e. The Balaban J connectivity index is 1.25. The second kappa shape index (κ2) is 11.8. The summed E-state index contributed by atoms with van der Waals surface area (Å²) in [6.07, 6.45) is 5.40. The molecular formula is C33H44BN3O5. The molecule has 42 heavy (non-hydrogen) atoms. The second-order valence-corrected chi connectivity index (χ2v) is 13.7. The SMILES string of the molecule is CC(C)(C)NC(=O)OC1CC(Cc2ccccc2)C(Oc2cccc(Cn3cc(B4OC(C)(C)C(C)(C)O4)cn3)c2)C1. The van der Waals surface area contributed by atoms with Gasteiger partial charge in [-0.1, -0.05) is 42.5 Å². The third-order valence-electron chi connectivity index (χ3n) is 8.39. The maximum absolute atomic E-state index is 12.5. The minimum Gasteiger partial charge on any atom is -0.490 e. The number of carbonyl (C=O) groups is 1. The van der Waals surface area contributed by atoms with E-state index in [9.17, 15) is 4.79 Å². The lowest BCUT2D eigenvalue weighted by atomic mass is 9.82. The monoisotopic (exact) mass is 573 g/mol. The lowest BCUT2D eigenvalue weighted by Gasteiger charge is -2.32. The highest BCUT2D eigenvalue weighted by molar-refractivity contribution is 6.62. The molecule has 1 amide bonds. The number of hydrogen-bond acceptors (Lipinski definition) is 6. The first kappa shape index (κ1) is 30.2. The van der Waals surface area contributed by atoms with Crippen LogP contribution >= 0.6 is 0 Å². The van der Waals surface area contributed by atoms with Crippen LogP contribution in [0.5, 0.6) is 5.75 Å². The van der Waals surface area contributed by atoms with E-state index in [2.05, 4.69) is 46.8 Å². The van der Waals surface area contributed by atoms with Gasteiger partial charge in [0.05, 0.1) is 17.7 Å². The van der Waals surface area contributed by atoms with Gasteiger partial charge in [-0.05, 0) is 84.6 Å². The Labute approximate surface area is 250 Å². The molecule has 8 nitrogen and oxygen atoms in total. The van der Waals surface area contributed by atoms with E-state index >= 15 is 0 Å². The lowest BCUT2D eigenvalue weighted by molar-refractivity contribution is 0.00578. The Morgan fingerprint density at radius 3 is 2.40 bits per heavy atom. The molecule has 5 rings (SSSR count). The topological polar surface area (TPSA) is 83.8 Å². The van der Waals surface area contributed by atoms with Crippen LogP contribution in [-0.4, -0.2) is 51.9 Å². The zero-order chi connectivity index (χ0) is 30.1. The van der Waals surface area contributed by atoms with Crippen molar-refractivity contribution in [3.05, 3.63) is 78.1 Å². The predicted octanol–water partition coefficient (Wildman–Crippen LogP) is 5.52. The number of benzene rings is 2. The number of alkyl carbamates (subject to hydrolysis) is 1. The van der Waals surface area contributed by atoms with Crippen LogP contribution in [0.15, 0.2) is 67.0 Å². The fourth-order valence-electron chi connectivity index (χ4n) is 5.54. The molecule has 2 aliphatic rings. The second-order valence-electron chi connectivity index (χ2n) is 13.7. The minimum absolute atomic E-state index is 0.0763. The van der Waals surface area contributed by atoms with Crippen LogP contribution in [0.3, 0.4) is 0 Å². The number of ether oxygens (including phenoxy) is 2. The number of aromatic nitrogens is 2. The molecule has 0 bridgehead atoms. The van der Waals surface area contributed by atoms with Crippen LogP contribution in [0.4, 0.5) is 4.79 Å². The van der Waals surface area contributed by atoms with Gasteiger partial charge in [0.1, 0.15) is 18.0 Å². The van der Waals surface area contributed by atoms with Gasteiger partial charge in [-0.15, -0.1) is 0 Å². The number of nitrogens with zero attached hydrogens (tertiary/aromatic N) is 2. The summed E-state index contributed by atoms with van der Waals surface area (Å²) in [4.78, 5) is 12.5. The van der Waals surface area contributed by atoms with Gasteiger partial charge >= 0.3 is 13.2 Å². The fourth-order valence-corrected chi connectivity index (χ4v) is 5.54. The highest BCUT2D eigenvalue weighted by atomic mass is 16.7. The predicted molar refractivity (Wildman–Crippen MR) is 164 cm³/mol. The summed E-state index contributed by atoms with van der Waals surface area (Å²) in [5.74, 6) is 1.02. The molecule has 2 aromatic carbocycles. The van der Waals surface area contributed by atoms with E-state index < -0.39 is 18.3 Å². The van der Waals surface area contributed by atoms with Crippen molar-refractivity contribution >= 4 is 18.7 Å². The molecule has 3 aromatic rings. The van der Waals surface area contributed by atoms with Crippen molar-refractivity contribution in [1.29, 1.82) is 0 Å². The van der Waals surface area contributed by atoms with E-state index in [0.29, 0.717) is 13.0 Å². The molecule has 1 aliphatic heterocycles. The molecule has 3 atom stereocenters. The Morgan fingerprint density at radius 1 is 1.02 bits per heavy atom. The van der Waals surface area contributed by atoms with Crippen molar-refractivity contribution < 1.29 is 23.6 Å². The minimum atomic E-state index is -0.442. The molecule has 1 saturated carbocycles. The number of amides is 1. The summed E-state index contributed by atoms with van der Waals surface area (Å²) < 4.78 is 26.7. The number of nitrogens with one attached hydrogen (secondary N) is 1. The molecule has 9 heteroatoms. The number of hydrogen-bond donors (Lipinski definition) is 1. The Morgan fingerprint density at radius 2 is 1.71 bits per heavy atom. The molecule has 1 saturated heterocycles. The Kier molecular flexibility index (Phi) is 8.45. The molecule has 2 fully saturated rings. The molecule has 0 spiro atoms. The molecule has 1 aromatic heterocycles. The van der Waals surface area contributed by atoms with Crippen molar-refractivity contribution in [3.63, 3.8) is 0 Å². The molecule has 1 aliphatic carbocycles. The smallest absolute Gasteiger partial charge is 0.490 e. The van der Waals surface area contributed by atoms with Crippen molar-refractivity contribution in [2.45, 2.75) is 103 Å². The van der Waals surface area contributed by atoms with Crippen LogP contribution in [0, 0.1) is 5.92 Å². The summed E-state index contributed by atoms with van der Waals surface area (Å²) in [5, 5.41) is 7.47. The van der Waals surface area contributed by atoms with Gasteiger partial charge in [0.2, 0.25) is 0 Å². The van der Waals surface area contributed by atoms with E-state index in [0.717, 1.165) is 29.6 Å². The average Bonchev–Trinajstić information content (AvgIpc) is 3.55. The maximum atomic E-state index is 12.5. The van der Waals surface area contributed by atoms with Crippen LogP contribution < -0.4 is 15.5 Å². The third kappa shape index (κ3) is 7.37. The van der Waals surface area contributed by atoms with Gasteiger partial charge in [0.25, 0.3) is 0 Å². The van der Waals surface area contributed by atoms with Gasteiger partial charge in [-0.3, -0.25) is 4.68 Å². The summed E-state index contributed by atoms with van der Waals surface area (Å²) in [7, 11) is -0.442. The molecular weight excluding hydrogens is 529 g/mol. The third-order valence-corrected chi connectivity index (χ3v) is 8.39. The van der Waals surface area contributed by atoms with E-state index in [1.165, 1.54) is 5.56 Å². The normalized spacial score (nSPS) is 23.1. The standard InChI is InChI=1S/C33H44BN3O5/c1-31(2,3)36-30(38)40-28-18-25(16-23-12-9-8-10-13-23)29(19-28)39-27-15-11-14-24(17-27)21-37-22-26(20-35-37)34-41-32(4,5)33(6,7)42-34/h8-15,17,20,22,25,28-29H,16,18-19,21H2,1-7H3,(H,36,38). The highest BCUT2D eigenvalue weighted by Gasteiger charge is 2.52. The zero-order valence-electron chi connectivity index (χ0n) is 25.9. The molecule has 1 N–H and O–H groups in total. The first-order chi connectivity index (χ1) is 19.8. The summed E-state index contributed by atoms with van der Waals surface area (Å²) in [6, 6.07) is 18.6. The molecule has 2 heterocycles. The van der Waals surface area contributed by atoms with Gasteiger partial charge < -0.3 is 24.1 Å². The molecule has 3 unspecified atom stereocenters. The molecule has 0 radical (unpaired) electrons. The van der Waals surface area contributed by atoms with E-state index in [1.807, 2.05) is 83.7 Å². The van der Waals surface area contributed by atoms with Crippen LogP contribution in [0.2, 0.25) is 0 Å². The van der Waals surface area contributed by atoms with Gasteiger partial charge in [0, 0.05) is 35.7 Å². The Bertz CT molecular complexity index is 1350. The largest absolute Gasteiger partial charge is 0.498 e. The number of carbonyl (C=O) groups excluding carboxylic acids is 1. The summed E-state index contributed by atoms with van der Waals surface area (Å²) in [5.41, 5.74) is 2.08. The van der Waals surface area contributed by atoms with Crippen molar-refractivity contribution in [1.82, 2.24) is 15.1 Å². The van der Waals surface area contributed by atoms with Crippen molar-refractivity contribution in [3.8, 4) is 5.75 Å². The van der Waals surface area contributed by atoms with Gasteiger partial charge in [0.15, 0.2) is 0 Å². The van der Waals surface area contributed by atoms with Crippen LogP contribution in [0.1, 0.15) is 72.4 Å². The van der Waals surface area contributed by atoms with Gasteiger partial charge in [-0.2, -0.15) is 5.10 Å². The fraction of sp³-hybridized carbons (Fsp3) is 0.515. The zero-order valence-corrected chi connectivity index (χ0v) is 25.9. The van der Waals surface area contributed by atoms with E-state index in [4.69, 9.17) is 18.8 Å². The average molecular weight is 574 g/mol. The van der Waals surface area contributed by atoms with E-state index in [1.54, 1.807) is 0 Å². The quantitative estimate of drug-likeness (QED) is 0.357. The van der Waals surface area contributed by atoms with Crippen LogP contribution in [-0.2, 0) is 27.0 Å². The highest BCUT2D eigenvalue weighted by Crippen LogP contribution is 2.37. The van der Waals surface area contributed by atoms with Crippen LogP contribution in [0.25, 0.3) is 0 Å². The lowest BCUT2D eigenvalue weighted by Crippen LogP contribution is -2.42. The summed E-state index contributed by atoms with van der Waals surface area (Å²) >= 11 is 0. The van der Waals surface area contributed by atoms with Crippen molar-refractivity contribution in [2.75, 3.05) is 0 Å². The molecule has 224 valence electrons. The number of rotatable bonds is 8. The summed E-state index contributed by atoms with van der Waals surface area (Å²) in [6.45, 7) is 14.6. The first-order valence-electron chi connectivity index (χ1n) is 14.9.